The molecule has 0 aromatic heterocycles. The summed E-state index contributed by atoms with van der Waals surface area (Å²) >= 11 is 0. The van der Waals surface area contributed by atoms with Gasteiger partial charge in [-0.3, -0.25) is 9.59 Å². The van der Waals surface area contributed by atoms with Crippen LogP contribution in [0.25, 0.3) is 0 Å². The highest BCUT2D eigenvalue weighted by molar-refractivity contribution is 6.05. The lowest BCUT2D eigenvalue weighted by molar-refractivity contribution is 0.0938. The van der Waals surface area contributed by atoms with Crippen molar-refractivity contribution in [2.45, 2.75) is 39.2 Å². The van der Waals surface area contributed by atoms with E-state index in [1.807, 2.05) is 61.5 Å². The summed E-state index contributed by atoms with van der Waals surface area (Å²) in [6.07, 6.45) is 0. The molecule has 0 aliphatic heterocycles. The first-order valence-electron chi connectivity index (χ1n) is 10.1. The lowest BCUT2D eigenvalue weighted by atomic mass is 9.87. The molecule has 0 saturated carbocycles. The second kappa shape index (κ2) is 8.95. The van der Waals surface area contributed by atoms with E-state index in [-0.39, 0.29) is 23.3 Å². The van der Waals surface area contributed by atoms with Gasteiger partial charge < -0.3 is 10.6 Å². The molecule has 1 unspecified atom stereocenters. The fraction of sp³-hybridized carbons (Fsp3) is 0.231. The quantitative estimate of drug-likeness (QED) is 0.575. The molecule has 1 atom stereocenters. The summed E-state index contributed by atoms with van der Waals surface area (Å²) in [6.45, 7) is 8.35. The number of hydrogen-bond acceptors (Lipinski definition) is 2. The Morgan fingerprint density at radius 2 is 1.43 bits per heavy atom. The van der Waals surface area contributed by atoms with Crippen molar-refractivity contribution < 1.29 is 9.59 Å². The summed E-state index contributed by atoms with van der Waals surface area (Å²) in [5.41, 5.74) is 3.90. The van der Waals surface area contributed by atoms with Crippen LogP contribution in [0.5, 0.6) is 0 Å². The summed E-state index contributed by atoms with van der Waals surface area (Å²) in [4.78, 5) is 25.3. The Bertz CT molecular complexity index is 1020. The molecule has 3 aromatic rings. The Hall–Kier alpha value is -3.40. The van der Waals surface area contributed by atoms with Gasteiger partial charge in [0.2, 0.25) is 0 Å². The highest BCUT2D eigenvalue weighted by atomic mass is 16.2. The molecule has 0 aliphatic carbocycles. The molecule has 2 N–H and O–H groups in total. The van der Waals surface area contributed by atoms with E-state index in [1.54, 1.807) is 24.3 Å². The van der Waals surface area contributed by atoms with E-state index < -0.39 is 0 Å². The second-order valence-corrected chi connectivity index (χ2v) is 8.47. The van der Waals surface area contributed by atoms with Gasteiger partial charge >= 0.3 is 0 Å². The third-order valence-electron chi connectivity index (χ3n) is 5.04. The lowest BCUT2D eigenvalue weighted by Crippen LogP contribution is -2.26. The first-order chi connectivity index (χ1) is 14.2. The number of carbonyl (C=O) groups is 2. The van der Waals surface area contributed by atoms with Crippen molar-refractivity contribution in [3.63, 3.8) is 0 Å². The van der Waals surface area contributed by atoms with Gasteiger partial charge in [-0.15, -0.1) is 0 Å². The van der Waals surface area contributed by atoms with Crippen molar-refractivity contribution >= 4 is 17.5 Å². The Balaban J connectivity index is 1.67. The van der Waals surface area contributed by atoms with E-state index in [0.29, 0.717) is 16.8 Å². The Morgan fingerprint density at radius 1 is 0.767 bits per heavy atom. The zero-order valence-corrected chi connectivity index (χ0v) is 17.9. The maximum atomic E-state index is 12.6. The van der Waals surface area contributed by atoms with Gasteiger partial charge in [-0.25, -0.2) is 0 Å². The smallest absolute Gasteiger partial charge is 0.255 e. The maximum Gasteiger partial charge on any atom is 0.255 e. The monoisotopic (exact) mass is 400 g/mol. The SMILES string of the molecule is CC(NC(=O)c1cccc(NC(=O)c2ccc(C(C)(C)C)cc2)c1)c1ccccc1. The first kappa shape index (κ1) is 21.3. The molecule has 0 saturated heterocycles. The van der Waals surface area contributed by atoms with Crippen LogP contribution in [0, 0.1) is 0 Å². The molecule has 30 heavy (non-hydrogen) atoms. The number of benzene rings is 3. The van der Waals surface area contributed by atoms with E-state index in [0.717, 1.165) is 5.56 Å². The molecule has 0 radical (unpaired) electrons. The Kier molecular flexibility index (Phi) is 6.36. The van der Waals surface area contributed by atoms with Crippen LogP contribution in [0.15, 0.2) is 78.9 Å². The highest BCUT2D eigenvalue weighted by Gasteiger charge is 2.15. The summed E-state index contributed by atoms with van der Waals surface area (Å²) < 4.78 is 0. The summed E-state index contributed by atoms with van der Waals surface area (Å²) in [5, 5.41) is 5.87. The van der Waals surface area contributed by atoms with Crippen LogP contribution in [-0.2, 0) is 5.41 Å². The van der Waals surface area contributed by atoms with Crippen LogP contribution in [0.3, 0.4) is 0 Å². The number of anilines is 1. The minimum atomic E-state index is -0.203. The molecule has 4 nitrogen and oxygen atoms in total. The van der Waals surface area contributed by atoms with Crippen molar-refractivity contribution in [1.82, 2.24) is 5.32 Å². The van der Waals surface area contributed by atoms with Crippen LogP contribution >= 0.6 is 0 Å². The van der Waals surface area contributed by atoms with E-state index in [9.17, 15) is 9.59 Å². The molecule has 2 amide bonds. The van der Waals surface area contributed by atoms with Crippen molar-refractivity contribution in [3.05, 3.63) is 101 Å². The minimum absolute atomic E-state index is 0.0353. The average Bonchev–Trinajstić information content (AvgIpc) is 2.74. The number of hydrogen-bond donors (Lipinski definition) is 2. The van der Waals surface area contributed by atoms with E-state index in [2.05, 4.69) is 31.4 Å². The fourth-order valence-electron chi connectivity index (χ4n) is 3.17. The molecule has 0 fully saturated rings. The number of rotatable bonds is 5. The van der Waals surface area contributed by atoms with Crippen LogP contribution in [0.2, 0.25) is 0 Å². The predicted molar refractivity (Wildman–Crippen MR) is 122 cm³/mol. The van der Waals surface area contributed by atoms with Gasteiger partial charge in [0.05, 0.1) is 6.04 Å². The molecule has 0 heterocycles. The highest BCUT2D eigenvalue weighted by Crippen LogP contribution is 2.22. The summed E-state index contributed by atoms with van der Waals surface area (Å²) in [6, 6.07) is 24.3. The largest absolute Gasteiger partial charge is 0.346 e. The van der Waals surface area contributed by atoms with E-state index >= 15 is 0 Å². The van der Waals surface area contributed by atoms with Gasteiger partial charge in [0.1, 0.15) is 0 Å². The summed E-state index contributed by atoms with van der Waals surface area (Å²) in [5.74, 6) is -0.386. The standard InChI is InChI=1S/C26H28N2O2/c1-18(19-9-6-5-7-10-19)27-25(30)21-11-8-12-23(17-21)28-24(29)20-13-15-22(16-14-20)26(2,3)4/h5-18H,1-4H3,(H,27,30)(H,28,29). The number of amides is 2. The van der Waals surface area contributed by atoms with Crippen LogP contribution in [0.4, 0.5) is 5.69 Å². The molecule has 0 aliphatic rings. The number of nitrogens with one attached hydrogen (secondary N) is 2. The minimum Gasteiger partial charge on any atom is -0.346 e. The fourth-order valence-corrected chi connectivity index (χ4v) is 3.17. The van der Waals surface area contributed by atoms with Gasteiger partial charge in [-0.2, -0.15) is 0 Å². The first-order valence-corrected chi connectivity index (χ1v) is 10.1. The van der Waals surface area contributed by atoms with E-state index in [1.165, 1.54) is 5.56 Å². The molecule has 4 heteroatoms. The van der Waals surface area contributed by atoms with Crippen molar-refractivity contribution in [3.8, 4) is 0 Å². The van der Waals surface area contributed by atoms with Crippen LogP contribution in [0.1, 0.15) is 65.6 Å². The molecule has 0 bridgehead atoms. The lowest BCUT2D eigenvalue weighted by Gasteiger charge is -2.19. The second-order valence-electron chi connectivity index (χ2n) is 8.47. The van der Waals surface area contributed by atoms with Gasteiger partial charge in [0.15, 0.2) is 0 Å². The van der Waals surface area contributed by atoms with Gasteiger partial charge in [0.25, 0.3) is 11.8 Å². The van der Waals surface area contributed by atoms with Gasteiger partial charge in [-0.1, -0.05) is 69.3 Å². The average molecular weight is 401 g/mol. The predicted octanol–water partition coefficient (Wildman–Crippen LogP) is 5.73. The van der Waals surface area contributed by atoms with E-state index in [4.69, 9.17) is 0 Å². The molecule has 154 valence electrons. The third kappa shape index (κ3) is 5.35. The molecule has 3 aromatic carbocycles. The van der Waals surface area contributed by atoms with Gasteiger partial charge in [-0.05, 0) is 53.8 Å². The summed E-state index contributed by atoms with van der Waals surface area (Å²) in [7, 11) is 0. The zero-order chi connectivity index (χ0) is 21.7. The third-order valence-corrected chi connectivity index (χ3v) is 5.04. The van der Waals surface area contributed by atoms with Crippen LogP contribution in [-0.4, -0.2) is 11.8 Å². The van der Waals surface area contributed by atoms with Crippen molar-refractivity contribution in [2.75, 3.05) is 5.32 Å². The van der Waals surface area contributed by atoms with Crippen LogP contribution < -0.4 is 10.6 Å². The normalized spacial score (nSPS) is 12.1. The maximum absolute atomic E-state index is 12.6. The molecule has 3 rings (SSSR count). The van der Waals surface area contributed by atoms with Crippen molar-refractivity contribution in [1.29, 1.82) is 0 Å². The Morgan fingerprint density at radius 3 is 2.07 bits per heavy atom. The van der Waals surface area contributed by atoms with Crippen molar-refractivity contribution in [2.24, 2.45) is 0 Å². The topological polar surface area (TPSA) is 58.2 Å². The number of carbonyl (C=O) groups excluding carboxylic acids is 2. The Labute approximate surface area is 178 Å². The van der Waals surface area contributed by atoms with Gasteiger partial charge in [0, 0.05) is 16.8 Å². The molecular weight excluding hydrogens is 372 g/mol. The molecular formula is C26H28N2O2. The molecule has 0 spiro atoms. The zero-order valence-electron chi connectivity index (χ0n) is 17.9.